The fourth-order valence-electron chi connectivity index (χ4n) is 1.62. The molecule has 1 aliphatic heterocycles. The van der Waals surface area contributed by atoms with Gasteiger partial charge in [0.15, 0.2) is 0 Å². The smallest absolute Gasteiger partial charge is 0.191 e. The van der Waals surface area contributed by atoms with Crippen LogP contribution >= 0.6 is 0 Å². The summed E-state index contributed by atoms with van der Waals surface area (Å²) in [5, 5.41) is 11.5. The quantitative estimate of drug-likeness (QED) is 0.751. The fraction of sp³-hybridized carbons (Fsp3) is 0.400. The first-order valence-corrected chi connectivity index (χ1v) is 5.11. The van der Waals surface area contributed by atoms with Gasteiger partial charge in [-0.1, -0.05) is 30.3 Å². The first kappa shape index (κ1) is 13.5. The average Bonchev–Trinajstić information content (AvgIpc) is 2.79. The first-order valence-electron chi connectivity index (χ1n) is 5.11. The van der Waals surface area contributed by atoms with Crippen LogP contribution in [0.2, 0.25) is 0 Å². The predicted molar refractivity (Wildman–Crippen MR) is 53.6 cm³/mol. The molecule has 0 fully saturated rings. The summed E-state index contributed by atoms with van der Waals surface area (Å²) in [5.74, 6) is -5.15. The molecule has 102 valence electrons. The van der Waals surface area contributed by atoms with Gasteiger partial charge in [0.2, 0.25) is 0 Å². The van der Waals surface area contributed by atoms with Crippen LogP contribution in [0, 0.1) is 0 Å². The Morgan fingerprint density at radius 2 is 1.42 bits per heavy atom. The Hall–Kier alpha value is -1.93. The van der Waals surface area contributed by atoms with Crippen LogP contribution in [0.5, 0.6) is 0 Å². The van der Waals surface area contributed by atoms with Gasteiger partial charge in [-0.25, -0.2) is 0 Å². The van der Waals surface area contributed by atoms with Gasteiger partial charge in [0.1, 0.15) is 0 Å². The lowest BCUT2D eigenvalue weighted by Gasteiger charge is -2.30. The summed E-state index contributed by atoms with van der Waals surface area (Å²) in [6.07, 6.45) is -6.53. The summed E-state index contributed by atoms with van der Waals surface area (Å²) in [4.78, 5) is 0. The lowest BCUT2D eigenvalue weighted by Crippen LogP contribution is -2.55. The Bertz CT molecular complexity index is 496. The van der Waals surface area contributed by atoms with Crippen molar-refractivity contribution in [2.45, 2.75) is 24.2 Å². The Morgan fingerprint density at radius 3 is 1.89 bits per heavy atom. The van der Waals surface area contributed by atoms with Crippen LogP contribution in [-0.2, 0) is 6.42 Å². The van der Waals surface area contributed by atoms with Crippen molar-refractivity contribution >= 4 is 0 Å². The molecule has 1 heterocycles. The maximum Gasteiger partial charge on any atom is 0.458 e. The van der Waals surface area contributed by atoms with E-state index in [1.165, 1.54) is 24.3 Å². The van der Waals surface area contributed by atoms with Crippen molar-refractivity contribution in [3.8, 4) is 0 Å². The maximum absolute atomic E-state index is 13.5. The highest BCUT2D eigenvalue weighted by molar-refractivity contribution is 5.20. The Kier molecular flexibility index (Phi) is 3.07. The van der Waals surface area contributed by atoms with Gasteiger partial charge in [0.25, 0.3) is 5.66 Å². The third-order valence-corrected chi connectivity index (χ3v) is 2.61. The summed E-state index contributed by atoms with van der Waals surface area (Å²) in [7, 11) is 0. The molecule has 2 rings (SSSR count). The van der Waals surface area contributed by atoms with Crippen LogP contribution < -0.4 is 0 Å². The molecule has 1 aromatic rings. The predicted octanol–water partition coefficient (Wildman–Crippen LogP) is 3.96. The summed E-state index contributed by atoms with van der Waals surface area (Å²) >= 11 is 0. The van der Waals surface area contributed by atoms with E-state index in [2.05, 4.69) is 20.7 Å². The van der Waals surface area contributed by atoms with Gasteiger partial charge in [-0.3, -0.25) is 0 Å². The number of rotatable bonds is 3. The molecule has 0 radical (unpaired) electrons. The highest BCUT2D eigenvalue weighted by atomic mass is 19.4. The summed E-state index contributed by atoms with van der Waals surface area (Å²) < 4.78 is 64.5. The van der Waals surface area contributed by atoms with Gasteiger partial charge in [-0.2, -0.15) is 22.0 Å². The molecule has 9 heteroatoms. The monoisotopic (exact) mass is 278 g/mol. The topological polar surface area (TPSA) is 49.4 Å². The number of nitrogens with zero attached hydrogens (tertiary/aromatic N) is 4. The third-order valence-electron chi connectivity index (χ3n) is 2.61. The minimum Gasteiger partial charge on any atom is -0.191 e. The Morgan fingerprint density at radius 1 is 0.895 bits per heavy atom. The van der Waals surface area contributed by atoms with Crippen LogP contribution in [0.3, 0.4) is 0 Å². The summed E-state index contributed by atoms with van der Waals surface area (Å²) in [6, 6.07) is 7.43. The van der Waals surface area contributed by atoms with E-state index in [1.807, 2.05) is 0 Å². The van der Waals surface area contributed by atoms with Crippen molar-refractivity contribution < 1.29 is 22.0 Å². The van der Waals surface area contributed by atoms with Crippen molar-refractivity contribution in [1.82, 2.24) is 0 Å². The van der Waals surface area contributed by atoms with Gasteiger partial charge >= 0.3 is 12.1 Å². The number of hydrogen-bond donors (Lipinski definition) is 0. The molecule has 0 bridgehead atoms. The largest absolute Gasteiger partial charge is 0.458 e. The molecule has 0 saturated heterocycles. The maximum atomic E-state index is 13.5. The van der Waals surface area contributed by atoms with E-state index in [9.17, 15) is 22.0 Å². The van der Waals surface area contributed by atoms with Crippen molar-refractivity contribution in [2.24, 2.45) is 20.7 Å². The summed E-state index contributed by atoms with van der Waals surface area (Å²) in [6.45, 7) is 0. The summed E-state index contributed by atoms with van der Waals surface area (Å²) in [5.41, 5.74) is -2.83. The normalized spacial score (nSPS) is 17.9. The van der Waals surface area contributed by atoms with Crippen LogP contribution in [0.1, 0.15) is 5.56 Å². The Labute approximate surface area is 104 Å². The number of benzene rings is 1. The second-order valence-corrected chi connectivity index (χ2v) is 3.93. The third kappa shape index (κ3) is 2.20. The molecule has 1 aromatic carbocycles. The molecule has 0 unspecified atom stereocenters. The van der Waals surface area contributed by atoms with E-state index < -0.39 is 24.2 Å². The number of alkyl halides is 5. The molecule has 19 heavy (non-hydrogen) atoms. The second-order valence-electron chi connectivity index (χ2n) is 3.93. The van der Waals surface area contributed by atoms with E-state index in [1.54, 1.807) is 6.07 Å². The van der Waals surface area contributed by atoms with Gasteiger partial charge < -0.3 is 0 Å². The van der Waals surface area contributed by atoms with E-state index in [-0.39, 0.29) is 5.56 Å². The lowest BCUT2D eigenvalue weighted by molar-refractivity contribution is -0.306. The van der Waals surface area contributed by atoms with E-state index in [0.717, 1.165) is 0 Å². The molecular formula is C10H7F5N4. The highest BCUT2D eigenvalue weighted by Crippen LogP contribution is 2.49. The van der Waals surface area contributed by atoms with Crippen LogP contribution in [0.25, 0.3) is 0 Å². The van der Waals surface area contributed by atoms with Crippen LogP contribution in [0.15, 0.2) is 51.0 Å². The van der Waals surface area contributed by atoms with Crippen molar-refractivity contribution in [1.29, 1.82) is 0 Å². The molecule has 0 spiro atoms. The van der Waals surface area contributed by atoms with E-state index in [0.29, 0.717) is 0 Å². The highest BCUT2D eigenvalue weighted by Gasteiger charge is 2.72. The first-order chi connectivity index (χ1) is 8.79. The lowest BCUT2D eigenvalue weighted by atomic mass is 9.94. The van der Waals surface area contributed by atoms with Crippen molar-refractivity contribution in [3.05, 3.63) is 35.9 Å². The van der Waals surface area contributed by atoms with Gasteiger partial charge in [0.05, 0.1) is 0 Å². The van der Waals surface area contributed by atoms with E-state index >= 15 is 0 Å². The minimum absolute atomic E-state index is 0.228. The molecule has 0 N–H and O–H groups in total. The fourth-order valence-corrected chi connectivity index (χ4v) is 1.62. The standard InChI is InChI=1S/C10H7F5N4/c11-9(12,10(13,14)15)8(16-18-19-17-8)6-7-4-2-1-3-5-7/h1-5H,6H2. The molecule has 0 aromatic heterocycles. The molecule has 1 aliphatic rings. The zero-order chi connectivity index (χ0) is 14.1. The van der Waals surface area contributed by atoms with Gasteiger partial charge in [-0.15, -0.1) is 10.2 Å². The van der Waals surface area contributed by atoms with Crippen molar-refractivity contribution in [3.63, 3.8) is 0 Å². The SMILES string of the molecule is FC(F)(F)C(F)(F)C1(Cc2ccccc2)N=NN=N1. The van der Waals surface area contributed by atoms with E-state index in [4.69, 9.17) is 0 Å². The van der Waals surface area contributed by atoms with Crippen LogP contribution in [-0.4, -0.2) is 17.8 Å². The second kappa shape index (κ2) is 4.32. The minimum atomic E-state index is -5.79. The van der Waals surface area contributed by atoms with Crippen LogP contribution in [0.4, 0.5) is 22.0 Å². The molecule has 0 saturated carbocycles. The zero-order valence-corrected chi connectivity index (χ0v) is 9.27. The molecule has 0 atom stereocenters. The number of hydrogen-bond acceptors (Lipinski definition) is 4. The zero-order valence-electron chi connectivity index (χ0n) is 9.27. The average molecular weight is 278 g/mol. The number of halogens is 5. The molecule has 0 aliphatic carbocycles. The molecule has 4 nitrogen and oxygen atoms in total. The Balaban J connectivity index is 2.40. The van der Waals surface area contributed by atoms with Gasteiger partial charge in [-0.05, 0) is 16.0 Å². The van der Waals surface area contributed by atoms with Crippen molar-refractivity contribution in [2.75, 3.05) is 0 Å². The molecular weight excluding hydrogens is 271 g/mol. The molecule has 0 amide bonds. The van der Waals surface area contributed by atoms with Gasteiger partial charge in [0, 0.05) is 6.42 Å².